The number of halogens is 3. The number of carbonyl (C=O) groups is 1. The highest BCUT2D eigenvalue weighted by atomic mass is 19.4. The van der Waals surface area contributed by atoms with E-state index in [4.69, 9.17) is 0 Å². The molecule has 25 heavy (non-hydrogen) atoms. The van der Waals surface area contributed by atoms with Crippen molar-refractivity contribution in [2.75, 3.05) is 10.6 Å². The van der Waals surface area contributed by atoms with Gasteiger partial charge in [0.15, 0.2) is 6.72 Å². The number of amides is 1. The van der Waals surface area contributed by atoms with Crippen LogP contribution in [0.25, 0.3) is 0 Å². The number of hydrogen-bond acceptors (Lipinski definition) is 1. The molecule has 130 valence electrons. The van der Waals surface area contributed by atoms with Crippen LogP contribution in [0.3, 0.4) is 0 Å². The predicted molar refractivity (Wildman–Crippen MR) is 94.1 cm³/mol. The van der Waals surface area contributed by atoms with Crippen molar-refractivity contribution in [3.8, 4) is 0 Å². The summed E-state index contributed by atoms with van der Waals surface area (Å²) >= 11 is 0. The lowest BCUT2D eigenvalue weighted by Gasteiger charge is -2.10. The standard InChI is InChI=1S/C18H16F3N3O/c1-11-7-8-15(10-16(11)23-12(2)22-3)24-17(25)13-5-4-6-14(9-13)18(19,20)21/h4-10H,3H2,1-2H3,(H,24,25)/p+1. The number of rotatable bonds is 3. The van der Waals surface area contributed by atoms with Gasteiger partial charge in [0, 0.05) is 17.3 Å². The molecule has 0 aliphatic carbocycles. The van der Waals surface area contributed by atoms with Gasteiger partial charge in [0.25, 0.3) is 5.91 Å². The molecule has 0 radical (unpaired) electrons. The number of anilines is 2. The van der Waals surface area contributed by atoms with E-state index in [0.717, 1.165) is 17.7 Å². The molecule has 0 aromatic heterocycles. The van der Waals surface area contributed by atoms with Gasteiger partial charge in [-0.1, -0.05) is 12.1 Å². The molecule has 0 aliphatic heterocycles. The van der Waals surface area contributed by atoms with Crippen LogP contribution in [0.15, 0.2) is 42.5 Å². The number of amidine groups is 1. The normalized spacial score (nSPS) is 10.8. The molecule has 0 atom stereocenters. The second-order valence-corrected chi connectivity index (χ2v) is 5.43. The van der Waals surface area contributed by atoms with Gasteiger partial charge in [-0.15, -0.1) is 0 Å². The Balaban J connectivity index is 2.24. The van der Waals surface area contributed by atoms with Crippen LogP contribution in [0.4, 0.5) is 24.5 Å². The van der Waals surface area contributed by atoms with Crippen molar-refractivity contribution < 1.29 is 18.0 Å². The number of alkyl halides is 3. The molecule has 0 fully saturated rings. The van der Waals surface area contributed by atoms with E-state index in [1.165, 1.54) is 12.1 Å². The average Bonchev–Trinajstić information content (AvgIpc) is 2.57. The maximum absolute atomic E-state index is 12.8. The highest BCUT2D eigenvalue weighted by Gasteiger charge is 2.30. The lowest BCUT2D eigenvalue weighted by Crippen LogP contribution is -2.15. The molecular weight excluding hydrogens is 331 g/mol. The second-order valence-electron chi connectivity index (χ2n) is 5.43. The van der Waals surface area contributed by atoms with Crippen LogP contribution in [0, 0.1) is 6.92 Å². The Labute approximate surface area is 143 Å². The molecule has 0 heterocycles. The van der Waals surface area contributed by atoms with Crippen LogP contribution in [-0.4, -0.2) is 18.5 Å². The fourth-order valence-corrected chi connectivity index (χ4v) is 2.11. The summed E-state index contributed by atoms with van der Waals surface area (Å²) in [5, 5.41) is 5.62. The molecule has 0 aliphatic rings. The van der Waals surface area contributed by atoms with Crippen LogP contribution < -0.4 is 15.3 Å². The maximum atomic E-state index is 12.8. The van der Waals surface area contributed by atoms with Crippen molar-refractivity contribution >= 4 is 29.8 Å². The smallest absolute Gasteiger partial charge is 0.322 e. The molecule has 0 spiro atoms. The molecular formula is C18H17F3N3O+. The van der Waals surface area contributed by atoms with Crippen LogP contribution >= 0.6 is 0 Å². The van der Waals surface area contributed by atoms with Crippen molar-refractivity contribution in [2.24, 2.45) is 0 Å². The first-order chi connectivity index (χ1) is 11.7. The average molecular weight is 348 g/mol. The lowest BCUT2D eigenvalue weighted by molar-refractivity contribution is -0.137. The first kappa shape index (κ1) is 18.3. The zero-order valence-electron chi connectivity index (χ0n) is 13.7. The van der Waals surface area contributed by atoms with Crippen molar-refractivity contribution in [2.45, 2.75) is 20.0 Å². The van der Waals surface area contributed by atoms with Gasteiger partial charge >= 0.3 is 12.0 Å². The van der Waals surface area contributed by atoms with E-state index in [9.17, 15) is 18.0 Å². The summed E-state index contributed by atoms with van der Waals surface area (Å²) in [6, 6.07) is 9.40. The Morgan fingerprint density at radius 1 is 1.12 bits per heavy atom. The highest BCUT2D eigenvalue weighted by molar-refractivity contribution is 6.05. The summed E-state index contributed by atoms with van der Waals surface area (Å²) in [5.74, 6) is -0.0343. The van der Waals surface area contributed by atoms with Crippen LogP contribution in [0.1, 0.15) is 28.4 Å². The van der Waals surface area contributed by atoms with E-state index in [2.05, 4.69) is 22.0 Å². The van der Waals surface area contributed by atoms with Crippen molar-refractivity contribution in [3.05, 3.63) is 59.2 Å². The predicted octanol–water partition coefficient (Wildman–Crippen LogP) is 3.86. The topological polar surface area (TPSA) is 55.2 Å². The summed E-state index contributed by atoms with van der Waals surface area (Å²) in [5.41, 5.74) is 1.15. The fraction of sp³-hybridized carbons (Fsp3) is 0.167. The quantitative estimate of drug-likeness (QED) is 0.503. The number of aryl methyl sites for hydroxylation is 1. The molecule has 2 aromatic carbocycles. The van der Waals surface area contributed by atoms with Crippen LogP contribution in [0.2, 0.25) is 0 Å². The van der Waals surface area contributed by atoms with E-state index in [1.807, 2.05) is 6.92 Å². The molecule has 0 unspecified atom stereocenters. The minimum Gasteiger partial charge on any atom is -0.322 e. The van der Waals surface area contributed by atoms with E-state index in [1.54, 1.807) is 25.1 Å². The third kappa shape index (κ3) is 4.71. The van der Waals surface area contributed by atoms with Crippen LogP contribution in [0.5, 0.6) is 0 Å². The zero-order chi connectivity index (χ0) is 18.6. The first-order valence-electron chi connectivity index (χ1n) is 7.37. The molecule has 2 aromatic rings. The fourth-order valence-electron chi connectivity index (χ4n) is 2.11. The maximum Gasteiger partial charge on any atom is 0.416 e. The molecule has 0 saturated heterocycles. The van der Waals surface area contributed by atoms with Gasteiger partial charge in [-0.2, -0.15) is 13.2 Å². The molecule has 4 nitrogen and oxygen atoms in total. The van der Waals surface area contributed by atoms with E-state index < -0.39 is 17.6 Å². The minimum atomic E-state index is -4.50. The number of benzene rings is 2. The number of carbonyl (C=O) groups excluding carboxylic acids is 1. The highest BCUT2D eigenvalue weighted by Crippen LogP contribution is 2.29. The molecule has 0 bridgehead atoms. The van der Waals surface area contributed by atoms with Gasteiger partial charge in [-0.25, -0.2) is 9.98 Å². The number of hydrogen-bond donors (Lipinski definition) is 2. The molecule has 7 heteroatoms. The third-order valence-electron chi connectivity index (χ3n) is 3.50. The molecule has 0 saturated carbocycles. The summed E-state index contributed by atoms with van der Waals surface area (Å²) in [4.78, 5) is 12.2. The Morgan fingerprint density at radius 3 is 2.48 bits per heavy atom. The van der Waals surface area contributed by atoms with E-state index in [0.29, 0.717) is 17.2 Å². The Morgan fingerprint density at radius 2 is 1.84 bits per heavy atom. The van der Waals surface area contributed by atoms with Gasteiger partial charge < -0.3 is 5.32 Å². The van der Waals surface area contributed by atoms with Gasteiger partial charge in [0.2, 0.25) is 0 Å². The molecule has 1 amide bonds. The third-order valence-corrected chi connectivity index (χ3v) is 3.50. The van der Waals surface area contributed by atoms with E-state index in [-0.39, 0.29) is 5.56 Å². The minimum absolute atomic E-state index is 0.0691. The monoisotopic (exact) mass is 348 g/mol. The SMILES string of the molecule is C=[N+]=C(C)Nc1cc(NC(=O)c2cccc(C(F)(F)F)c2)ccc1C. The number of nitrogens with zero attached hydrogens (tertiary/aromatic N) is 1. The van der Waals surface area contributed by atoms with Crippen molar-refractivity contribution in [1.29, 1.82) is 0 Å². The largest absolute Gasteiger partial charge is 0.416 e. The van der Waals surface area contributed by atoms with Gasteiger partial charge in [-0.3, -0.25) is 4.79 Å². The van der Waals surface area contributed by atoms with Gasteiger partial charge in [0.05, 0.1) is 12.5 Å². The van der Waals surface area contributed by atoms with Crippen molar-refractivity contribution in [3.63, 3.8) is 0 Å². The van der Waals surface area contributed by atoms with E-state index >= 15 is 0 Å². The zero-order valence-corrected chi connectivity index (χ0v) is 13.7. The van der Waals surface area contributed by atoms with Crippen LogP contribution in [-0.2, 0) is 6.18 Å². The van der Waals surface area contributed by atoms with Gasteiger partial charge in [-0.05, 0) is 36.8 Å². The lowest BCUT2D eigenvalue weighted by atomic mass is 10.1. The number of nitrogens with one attached hydrogen (secondary N) is 2. The van der Waals surface area contributed by atoms with Crippen molar-refractivity contribution in [1.82, 2.24) is 4.67 Å². The molecule has 2 N–H and O–H groups in total. The molecule has 2 rings (SSSR count). The van der Waals surface area contributed by atoms with Gasteiger partial charge in [0.1, 0.15) is 5.69 Å². The summed E-state index contributed by atoms with van der Waals surface area (Å²) in [6.07, 6.45) is -4.50. The second kappa shape index (κ2) is 7.23. The Bertz CT molecular complexity index is 853. The first-order valence-corrected chi connectivity index (χ1v) is 7.37. The summed E-state index contributed by atoms with van der Waals surface area (Å²) in [6.45, 7) is 7.02. The Kier molecular flexibility index (Phi) is 5.29. The Hall–Kier alpha value is -3.05. The summed E-state index contributed by atoms with van der Waals surface area (Å²) < 4.78 is 42.0. The summed E-state index contributed by atoms with van der Waals surface area (Å²) in [7, 11) is 0.